The number of carbonyl (C=O) groups is 2. The summed E-state index contributed by atoms with van der Waals surface area (Å²) >= 11 is 0. The molecule has 0 amide bonds. The van der Waals surface area contributed by atoms with Crippen molar-refractivity contribution >= 4 is 11.9 Å². The summed E-state index contributed by atoms with van der Waals surface area (Å²) in [7, 11) is 0. The first-order chi connectivity index (χ1) is 6.41. The summed E-state index contributed by atoms with van der Waals surface area (Å²) in [5.74, 6) is -1.72. The van der Waals surface area contributed by atoms with Crippen molar-refractivity contribution in [3.8, 4) is 0 Å². The summed E-state index contributed by atoms with van der Waals surface area (Å²) in [6.07, 6.45) is 1.30. The van der Waals surface area contributed by atoms with Crippen molar-refractivity contribution in [2.45, 2.75) is 39.2 Å². The molecule has 3 atom stereocenters. The van der Waals surface area contributed by atoms with Gasteiger partial charge in [0, 0.05) is 5.92 Å². The van der Waals surface area contributed by atoms with E-state index in [4.69, 9.17) is 9.84 Å². The Bertz CT molecular complexity index is 261. The molecule has 1 aliphatic heterocycles. The second-order valence-corrected chi connectivity index (χ2v) is 4.08. The van der Waals surface area contributed by atoms with E-state index in [1.807, 2.05) is 13.8 Å². The Hall–Kier alpha value is -1.06. The molecular weight excluding hydrogens is 184 g/mol. The predicted molar refractivity (Wildman–Crippen MR) is 49.7 cm³/mol. The summed E-state index contributed by atoms with van der Waals surface area (Å²) in [4.78, 5) is 22.4. The van der Waals surface area contributed by atoms with Crippen LogP contribution in [0.1, 0.15) is 33.6 Å². The molecule has 1 rings (SSSR count). The van der Waals surface area contributed by atoms with Crippen LogP contribution in [-0.4, -0.2) is 22.6 Å². The van der Waals surface area contributed by atoms with Gasteiger partial charge in [-0.1, -0.05) is 13.8 Å². The van der Waals surface area contributed by atoms with E-state index in [0.717, 1.165) is 0 Å². The van der Waals surface area contributed by atoms with E-state index >= 15 is 0 Å². The first-order valence-corrected chi connectivity index (χ1v) is 4.88. The number of esters is 1. The summed E-state index contributed by atoms with van der Waals surface area (Å²) in [6, 6.07) is 0. The van der Waals surface area contributed by atoms with Crippen molar-refractivity contribution in [3.05, 3.63) is 0 Å². The van der Waals surface area contributed by atoms with Gasteiger partial charge >= 0.3 is 11.9 Å². The molecule has 1 fully saturated rings. The van der Waals surface area contributed by atoms with Gasteiger partial charge in [-0.25, -0.2) is 4.79 Å². The monoisotopic (exact) mass is 200 g/mol. The third kappa shape index (κ3) is 1.61. The van der Waals surface area contributed by atoms with E-state index in [-0.39, 0.29) is 17.8 Å². The van der Waals surface area contributed by atoms with E-state index in [9.17, 15) is 9.59 Å². The van der Waals surface area contributed by atoms with Gasteiger partial charge in [0.25, 0.3) is 0 Å². The van der Waals surface area contributed by atoms with Gasteiger partial charge in [-0.05, 0) is 19.8 Å². The zero-order valence-corrected chi connectivity index (χ0v) is 8.74. The summed E-state index contributed by atoms with van der Waals surface area (Å²) in [5, 5.41) is 8.97. The Morgan fingerprint density at radius 2 is 2.29 bits per heavy atom. The van der Waals surface area contributed by atoms with Crippen LogP contribution in [0.5, 0.6) is 0 Å². The SMILES string of the molecule is CCC1CC(C)C(C)(C(=O)O)OC1=O. The quantitative estimate of drug-likeness (QED) is 0.685. The molecular formula is C10H16O4. The number of carboxylic acid groups (broad SMARTS) is 1. The maximum atomic E-state index is 11.4. The number of hydrogen-bond acceptors (Lipinski definition) is 3. The molecule has 0 aromatic heterocycles. The summed E-state index contributed by atoms with van der Waals surface area (Å²) in [5.41, 5.74) is -1.34. The molecule has 1 N–H and O–H groups in total. The lowest BCUT2D eigenvalue weighted by Gasteiger charge is -2.38. The Morgan fingerprint density at radius 1 is 1.71 bits per heavy atom. The highest BCUT2D eigenvalue weighted by Gasteiger charge is 2.48. The maximum Gasteiger partial charge on any atom is 0.348 e. The van der Waals surface area contributed by atoms with Crippen LogP contribution < -0.4 is 0 Å². The number of cyclic esters (lactones) is 1. The second-order valence-electron chi connectivity index (χ2n) is 4.08. The van der Waals surface area contributed by atoms with E-state index in [1.54, 1.807) is 0 Å². The third-order valence-corrected chi connectivity index (χ3v) is 3.14. The van der Waals surface area contributed by atoms with Crippen LogP contribution in [0.15, 0.2) is 0 Å². The molecule has 1 saturated heterocycles. The van der Waals surface area contributed by atoms with Crippen molar-refractivity contribution in [1.82, 2.24) is 0 Å². The van der Waals surface area contributed by atoms with Crippen LogP contribution in [0.4, 0.5) is 0 Å². The molecule has 0 aliphatic carbocycles. The molecule has 4 heteroatoms. The summed E-state index contributed by atoms with van der Waals surface area (Å²) < 4.78 is 5.01. The van der Waals surface area contributed by atoms with Crippen molar-refractivity contribution in [2.75, 3.05) is 0 Å². The van der Waals surface area contributed by atoms with E-state index in [0.29, 0.717) is 12.8 Å². The Kier molecular flexibility index (Phi) is 2.83. The van der Waals surface area contributed by atoms with Crippen LogP contribution in [0.25, 0.3) is 0 Å². The van der Waals surface area contributed by atoms with E-state index in [2.05, 4.69) is 0 Å². The van der Waals surface area contributed by atoms with E-state index in [1.165, 1.54) is 6.92 Å². The molecule has 0 bridgehead atoms. The van der Waals surface area contributed by atoms with Gasteiger partial charge in [-0.3, -0.25) is 4.79 Å². The van der Waals surface area contributed by atoms with Crippen molar-refractivity contribution < 1.29 is 19.4 Å². The van der Waals surface area contributed by atoms with Crippen molar-refractivity contribution in [3.63, 3.8) is 0 Å². The highest BCUT2D eigenvalue weighted by atomic mass is 16.6. The number of rotatable bonds is 2. The smallest absolute Gasteiger partial charge is 0.348 e. The fourth-order valence-corrected chi connectivity index (χ4v) is 1.73. The van der Waals surface area contributed by atoms with Gasteiger partial charge in [0.2, 0.25) is 5.60 Å². The van der Waals surface area contributed by atoms with Gasteiger partial charge in [0.05, 0.1) is 5.92 Å². The molecule has 80 valence electrons. The Balaban J connectivity index is 2.86. The highest BCUT2D eigenvalue weighted by molar-refractivity contribution is 5.84. The number of carbonyl (C=O) groups excluding carboxylic acids is 1. The molecule has 0 saturated carbocycles. The topological polar surface area (TPSA) is 63.6 Å². The third-order valence-electron chi connectivity index (χ3n) is 3.14. The van der Waals surface area contributed by atoms with E-state index < -0.39 is 11.6 Å². The van der Waals surface area contributed by atoms with Crippen LogP contribution in [-0.2, 0) is 14.3 Å². The molecule has 1 heterocycles. The lowest BCUT2D eigenvalue weighted by atomic mass is 9.79. The normalized spacial score (nSPS) is 37.8. The largest absolute Gasteiger partial charge is 0.478 e. The van der Waals surface area contributed by atoms with Gasteiger partial charge < -0.3 is 9.84 Å². The fourth-order valence-electron chi connectivity index (χ4n) is 1.73. The fraction of sp³-hybridized carbons (Fsp3) is 0.800. The first kappa shape index (κ1) is 11.0. The zero-order valence-electron chi connectivity index (χ0n) is 8.74. The second kappa shape index (κ2) is 3.59. The molecule has 4 nitrogen and oxygen atoms in total. The molecule has 0 aromatic carbocycles. The van der Waals surface area contributed by atoms with Gasteiger partial charge in [0.1, 0.15) is 0 Å². The lowest BCUT2D eigenvalue weighted by Crippen LogP contribution is -2.51. The molecule has 0 radical (unpaired) electrons. The molecule has 0 spiro atoms. The molecule has 0 aromatic rings. The Morgan fingerprint density at radius 3 is 2.71 bits per heavy atom. The highest BCUT2D eigenvalue weighted by Crippen LogP contribution is 2.35. The minimum Gasteiger partial charge on any atom is -0.478 e. The minimum atomic E-state index is -1.34. The maximum absolute atomic E-state index is 11.4. The molecule has 3 unspecified atom stereocenters. The average Bonchev–Trinajstić information content (AvgIpc) is 2.11. The van der Waals surface area contributed by atoms with Crippen LogP contribution in [0.2, 0.25) is 0 Å². The number of aliphatic carboxylic acids is 1. The molecule has 14 heavy (non-hydrogen) atoms. The van der Waals surface area contributed by atoms with Crippen molar-refractivity contribution in [2.24, 2.45) is 11.8 Å². The average molecular weight is 200 g/mol. The number of hydrogen-bond donors (Lipinski definition) is 1. The van der Waals surface area contributed by atoms with Gasteiger partial charge in [-0.2, -0.15) is 0 Å². The van der Waals surface area contributed by atoms with Crippen molar-refractivity contribution in [1.29, 1.82) is 0 Å². The van der Waals surface area contributed by atoms with Gasteiger partial charge in [-0.15, -0.1) is 0 Å². The standard InChI is InChI=1S/C10H16O4/c1-4-7-5-6(2)10(3,9(12)13)14-8(7)11/h6-7H,4-5H2,1-3H3,(H,12,13). The lowest BCUT2D eigenvalue weighted by molar-refractivity contribution is -0.195. The van der Waals surface area contributed by atoms with Crippen LogP contribution in [0, 0.1) is 11.8 Å². The predicted octanol–water partition coefficient (Wildman–Crippen LogP) is 1.44. The zero-order chi connectivity index (χ0) is 10.9. The minimum absolute atomic E-state index is 0.136. The van der Waals surface area contributed by atoms with Crippen LogP contribution >= 0.6 is 0 Å². The van der Waals surface area contributed by atoms with Crippen LogP contribution in [0.3, 0.4) is 0 Å². The van der Waals surface area contributed by atoms with Gasteiger partial charge in [0.15, 0.2) is 0 Å². The molecule has 1 aliphatic rings. The first-order valence-electron chi connectivity index (χ1n) is 4.88. The number of ether oxygens (including phenoxy) is 1. The Labute approximate surface area is 83.2 Å². The number of carboxylic acids is 1. The summed E-state index contributed by atoms with van der Waals surface area (Å²) in [6.45, 7) is 5.18.